The number of nitrogens with zero attached hydrogens (tertiary/aromatic N) is 1. The number of sulfone groups is 1. The summed E-state index contributed by atoms with van der Waals surface area (Å²) in [5.41, 5.74) is 0.778. The highest BCUT2D eigenvalue weighted by Crippen LogP contribution is 2.29. The van der Waals surface area contributed by atoms with Gasteiger partial charge >= 0.3 is 6.03 Å². The normalized spacial score (nSPS) is 10.7. The molecule has 0 saturated heterocycles. The summed E-state index contributed by atoms with van der Waals surface area (Å²) in [7, 11) is -3.93. The van der Waals surface area contributed by atoms with Gasteiger partial charge in [-0.25, -0.2) is 13.2 Å². The van der Waals surface area contributed by atoms with Gasteiger partial charge in [-0.3, -0.25) is 0 Å². The minimum atomic E-state index is -3.93. The summed E-state index contributed by atoms with van der Waals surface area (Å²) in [6, 6.07) is 20.3. The van der Waals surface area contributed by atoms with Crippen molar-refractivity contribution in [2.45, 2.75) is 9.79 Å². The first-order valence-electron chi connectivity index (χ1n) is 8.08. The van der Waals surface area contributed by atoms with Crippen molar-refractivity contribution in [3.63, 3.8) is 0 Å². The number of anilines is 2. The van der Waals surface area contributed by atoms with E-state index in [0.29, 0.717) is 10.2 Å². The predicted octanol–water partition coefficient (Wildman–Crippen LogP) is 4.80. The lowest BCUT2D eigenvalue weighted by atomic mass is 10.2. The predicted molar refractivity (Wildman–Crippen MR) is 110 cm³/mol. The number of nitrogens with one attached hydrogen (secondary N) is 2. The third-order valence-corrected chi connectivity index (χ3v) is 6.33. The van der Waals surface area contributed by atoms with Gasteiger partial charge in [0.2, 0.25) is 9.84 Å². The van der Waals surface area contributed by atoms with Gasteiger partial charge < -0.3 is 10.6 Å². The van der Waals surface area contributed by atoms with Gasteiger partial charge in [0.15, 0.2) is 0 Å². The van der Waals surface area contributed by atoms with E-state index in [1.165, 1.54) is 30.3 Å². The van der Waals surface area contributed by atoms with Gasteiger partial charge in [0.25, 0.3) is 0 Å². The Balaban J connectivity index is 1.97. The molecule has 140 valence electrons. The zero-order chi connectivity index (χ0) is 20.1. The van der Waals surface area contributed by atoms with Crippen molar-refractivity contribution in [1.82, 2.24) is 0 Å². The largest absolute Gasteiger partial charge is 0.323 e. The molecule has 0 fully saturated rings. The Morgan fingerprint density at radius 2 is 1.54 bits per heavy atom. The molecule has 0 unspecified atom stereocenters. The van der Waals surface area contributed by atoms with Crippen LogP contribution < -0.4 is 10.6 Å². The number of hydrogen-bond acceptors (Lipinski definition) is 4. The van der Waals surface area contributed by atoms with Crippen LogP contribution in [0.1, 0.15) is 5.56 Å². The number of urea groups is 1. The van der Waals surface area contributed by atoms with Gasteiger partial charge in [-0.15, -0.1) is 0 Å². The molecule has 3 aromatic carbocycles. The Labute approximate surface area is 170 Å². The van der Waals surface area contributed by atoms with Crippen LogP contribution in [0.3, 0.4) is 0 Å². The zero-order valence-corrected chi connectivity index (χ0v) is 16.8. The van der Waals surface area contributed by atoms with E-state index < -0.39 is 15.9 Å². The number of rotatable bonds is 4. The molecule has 3 rings (SSSR count). The van der Waals surface area contributed by atoms with Crippen LogP contribution in [-0.4, -0.2) is 14.4 Å². The fourth-order valence-electron chi connectivity index (χ4n) is 2.48. The maximum Gasteiger partial charge on any atom is 0.323 e. The molecule has 0 aliphatic heterocycles. The highest BCUT2D eigenvalue weighted by molar-refractivity contribution is 9.10. The number of para-hydroxylation sites is 1. The van der Waals surface area contributed by atoms with Gasteiger partial charge in [-0.1, -0.05) is 30.3 Å². The molecule has 28 heavy (non-hydrogen) atoms. The number of benzene rings is 3. The second-order valence-corrected chi connectivity index (χ2v) is 8.47. The van der Waals surface area contributed by atoms with Crippen LogP contribution >= 0.6 is 15.9 Å². The summed E-state index contributed by atoms with van der Waals surface area (Å²) in [6.45, 7) is 0. The molecule has 0 radical (unpaired) electrons. The molecule has 2 amide bonds. The first kappa shape index (κ1) is 19.6. The molecular weight excluding hydrogens is 442 g/mol. The van der Waals surface area contributed by atoms with Gasteiger partial charge in [-0.05, 0) is 58.4 Å². The van der Waals surface area contributed by atoms with Crippen molar-refractivity contribution in [2.75, 3.05) is 10.6 Å². The van der Waals surface area contributed by atoms with Gasteiger partial charge in [-0.2, -0.15) is 5.26 Å². The quantitative estimate of drug-likeness (QED) is 0.589. The summed E-state index contributed by atoms with van der Waals surface area (Å²) < 4.78 is 26.7. The first-order chi connectivity index (χ1) is 13.4. The summed E-state index contributed by atoms with van der Waals surface area (Å²) in [5, 5.41) is 14.3. The SMILES string of the molecule is N#Cc1ccc(NC(=O)Nc2ccccc2Br)c(S(=O)(=O)c2ccccc2)c1. The number of carbonyl (C=O) groups excluding carboxylic acids is 1. The lowest BCUT2D eigenvalue weighted by Crippen LogP contribution is -2.21. The molecular formula is C20H14BrN3O3S. The Morgan fingerprint density at radius 3 is 2.21 bits per heavy atom. The Bertz CT molecular complexity index is 1170. The number of hydrogen-bond donors (Lipinski definition) is 2. The number of halogens is 1. The average molecular weight is 456 g/mol. The molecule has 0 aromatic heterocycles. The molecule has 0 aliphatic rings. The smallest absolute Gasteiger partial charge is 0.307 e. The number of carbonyl (C=O) groups is 1. The van der Waals surface area contributed by atoms with E-state index in [9.17, 15) is 13.2 Å². The highest BCUT2D eigenvalue weighted by atomic mass is 79.9. The Kier molecular flexibility index (Phi) is 5.78. The highest BCUT2D eigenvalue weighted by Gasteiger charge is 2.23. The topological polar surface area (TPSA) is 99.1 Å². The standard InChI is InChI=1S/C20H14BrN3O3S/c21-16-8-4-5-9-17(16)23-20(25)24-18-11-10-14(13-22)12-19(18)28(26,27)15-6-2-1-3-7-15/h1-12H,(H2,23,24,25). The summed E-state index contributed by atoms with van der Waals surface area (Å²) >= 11 is 3.33. The minimum absolute atomic E-state index is 0.0688. The maximum absolute atomic E-state index is 13.0. The molecule has 0 saturated carbocycles. The average Bonchev–Trinajstić information content (AvgIpc) is 2.70. The molecule has 0 spiro atoms. The van der Waals surface area contributed by atoms with Crippen LogP contribution in [0.25, 0.3) is 0 Å². The van der Waals surface area contributed by atoms with E-state index in [-0.39, 0.29) is 21.0 Å². The Morgan fingerprint density at radius 1 is 0.893 bits per heavy atom. The molecule has 0 aliphatic carbocycles. The van der Waals surface area contributed by atoms with Gasteiger partial charge in [0, 0.05) is 4.47 Å². The minimum Gasteiger partial charge on any atom is -0.307 e. The van der Waals surface area contributed by atoms with Crippen molar-refractivity contribution in [3.8, 4) is 6.07 Å². The van der Waals surface area contributed by atoms with E-state index in [1.807, 2.05) is 6.07 Å². The molecule has 3 aromatic rings. The van der Waals surface area contributed by atoms with Crippen molar-refractivity contribution in [1.29, 1.82) is 5.26 Å². The van der Waals surface area contributed by atoms with E-state index in [2.05, 4.69) is 26.6 Å². The van der Waals surface area contributed by atoms with Crippen molar-refractivity contribution in [3.05, 3.63) is 82.8 Å². The Hall–Kier alpha value is -3.15. The van der Waals surface area contributed by atoms with Crippen LogP contribution in [0.4, 0.5) is 16.2 Å². The number of amides is 2. The van der Waals surface area contributed by atoms with Gasteiger partial charge in [0.05, 0.1) is 32.8 Å². The summed E-state index contributed by atoms with van der Waals surface area (Å²) in [5.74, 6) is 0. The second-order valence-electron chi connectivity index (χ2n) is 5.70. The van der Waals surface area contributed by atoms with Crippen LogP contribution in [0.5, 0.6) is 0 Å². The van der Waals surface area contributed by atoms with Crippen molar-refractivity contribution >= 4 is 43.2 Å². The first-order valence-corrected chi connectivity index (χ1v) is 10.4. The van der Waals surface area contributed by atoms with E-state index in [4.69, 9.17) is 5.26 Å². The molecule has 6 nitrogen and oxygen atoms in total. The van der Waals surface area contributed by atoms with E-state index in [0.717, 1.165) is 0 Å². The molecule has 8 heteroatoms. The van der Waals surface area contributed by atoms with Crippen LogP contribution in [0.2, 0.25) is 0 Å². The van der Waals surface area contributed by atoms with Crippen LogP contribution in [-0.2, 0) is 9.84 Å². The molecule has 2 N–H and O–H groups in total. The van der Waals surface area contributed by atoms with Crippen molar-refractivity contribution in [2.24, 2.45) is 0 Å². The lowest BCUT2D eigenvalue weighted by Gasteiger charge is -2.13. The molecule has 0 atom stereocenters. The summed E-state index contributed by atoms with van der Waals surface area (Å²) in [6.07, 6.45) is 0. The van der Waals surface area contributed by atoms with E-state index >= 15 is 0 Å². The number of nitriles is 1. The molecule has 0 bridgehead atoms. The van der Waals surface area contributed by atoms with Crippen LogP contribution in [0, 0.1) is 11.3 Å². The zero-order valence-electron chi connectivity index (χ0n) is 14.4. The lowest BCUT2D eigenvalue weighted by molar-refractivity contribution is 0.262. The van der Waals surface area contributed by atoms with Gasteiger partial charge in [0.1, 0.15) is 0 Å². The second kappa shape index (κ2) is 8.25. The summed E-state index contributed by atoms with van der Waals surface area (Å²) in [4.78, 5) is 12.3. The van der Waals surface area contributed by atoms with E-state index in [1.54, 1.807) is 42.5 Å². The van der Waals surface area contributed by atoms with Crippen molar-refractivity contribution < 1.29 is 13.2 Å². The fraction of sp³-hybridized carbons (Fsp3) is 0. The third-order valence-electron chi connectivity index (χ3n) is 3.82. The fourth-order valence-corrected chi connectivity index (χ4v) is 4.33. The van der Waals surface area contributed by atoms with Crippen LogP contribution in [0.15, 0.2) is 87.1 Å². The monoisotopic (exact) mass is 455 g/mol. The third kappa shape index (κ3) is 4.22. The maximum atomic E-state index is 13.0. The molecule has 0 heterocycles.